The SMILES string of the molecule is C[C@H]1CN(C(=O)Cn2ccn3c(=O)c(OCc4ccccc4)c(-c4ncc(Cc5ccc(F)cc5C(=O)NC5CC5)s4)nc23)C[C@H](C)O1. The highest BCUT2D eigenvalue weighted by Gasteiger charge is 2.28. The van der Waals surface area contributed by atoms with E-state index >= 15 is 0 Å². The van der Waals surface area contributed by atoms with Gasteiger partial charge in [0, 0.05) is 54.6 Å². The Morgan fingerprint density at radius 3 is 2.60 bits per heavy atom. The summed E-state index contributed by atoms with van der Waals surface area (Å²) in [4.78, 5) is 52.2. The zero-order valence-electron chi connectivity index (χ0n) is 26.6. The van der Waals surface area contributed by atoms with Crippen LogP contribution in [0.3, 0.4) is 0 Å². The predicted octanol–water partition coefficient (Wildman–Crippen LogP) is 4.46. The van der Waals surface area contributed by atoms with Gasteiger partial charge in [-0.25, -0.2) is 18.8 Å². The second-order valence-electron chi connectivity index (χ2n) is 12.4. The van der Waals surface area contributed by atoms with Crippen LogP contribution in [0.5, 0.6) is 5.75 Å². The van der Waals surface area contributed by atoms with E-state index in [2.05, 4.69) is 10.3 Å². The van der Waals surface area contributed by atoms with E-state index < -0.39 is 11.4 Å². The number of rotatable bonds is 10. The summed E-state index contributed by atoms with van der Waals surface area (Å²) in [7, 11) is 0. The van der Waals surface area contributed by atoms with Crippen LogP contribution < -0.4 is 15.6 Å². The summed E-state index contributed by atoms with van der Waals surface area (Å²) in [6.07, 6.45) is 6.93. The van der Waals surface area contributed by atoms with Gasteiger partial charge in [0.15, 0.2) is 5.69 Å². The van der Waals surface area contributed by atoms with Gasteiger partial charge >= 0.3 is 5.56 Å². The van der Waals surface area contributed by atoms with Crippen LogP contribution in [0, 0.1) is 5.82 Å². The maximum Gasteiger partial charge on any atom is 0.302 e. The van der Waals surface area contributed by atoms with Gasteiger partial charge in [-0.05, 0) is 49.9 Å². The molecule has 1 aliphatic carbocycles. The first-order chi connectivity index (χ1) is 23.2. The monoisotopic (exact) mass is 670 g/mol. The Hall–Kier alpha value is -4.88. The minimum Gasteiger partial charge on any atom is -0.481 e. The molecule has 11 nitrogen and oxygen atoms in total. The van der Waals surface area contributed by atoms with Crippen molar-refractivity contribution < 1.29 is 23.5 Å². The van der Waals surface area contributed by atoms with Gasteiger partial charge in [0.05, 0.1) is 12.2 Å². The topological polar surface area (TPSA) is 120 Å². The predicted molar refractivity (Wildman–Crippen MR) is 178 cm³/mol. The minimum atomic E-state index is -0.484. The Kier molecular flexibility index (Phi) is 8.80. The molecule has 0 spiro atoms. The maximum absolute atomic E-state index is 14.2. The Balaban J connectivity index is 1.22. The van der Waals surface area contributed by atoms with Gasteiger partial charge in [0.25, 0.3) is 5.91 Å². The van der Waals surface area contributed by atoms with E-state index in [1.54, 1.807) is 34.1 Å². The first-order valence-corrected chi connectivity index (χ1v) is 16.8. The number of carbonyl (C=O) groups is 2. The Morgan fingerprint density at radius 1 is 1.08 bits per heavy atom. The highest BCUT2D eigenvalue weighted by atomic mass is 32.1. The fourth-order valence-corrected chi connectivity index (χ4v) is 6.83. The molecule has 248 valence electrons. The number of benzene rings is 2. The number of morpholine rings is 1. The third-order valence-corrected chi connectivity index (χ3v) is 9.37. The van der Waals surface area contributed by atoms with Crippen molar-refractivity contribution >= 4 is 28.9 Å². The number of amides is 2. The number of carbonyl (C=O) groups excluding carboxylic acids is 2. The Morgan fingerprint density at radius 2 is 1.85 bits per heavy atom. The average Bonchev–Trinajstić information content (AvgIpc) is 3.60. The van der Waals surface area contributed by atoms with E-state index in [0.717, 1.165) is 23.3 Å². The summed E-state index contributed by atoms with van der Waals surface area (Å²) in [6, 6.07) is 13.8. The van der Waals surface area contributed by atoms with E-state index in [4.69, 9.17) is 14.5 Å². The number of halogens is 1. The Bertz CT molecular complexity index is 2030. The molecule has 1 saturated heterocycles. The number of hydrogen-bond donors (Lipinski definition) is 1. The number of hydrogen-bond acceptors (Lipinski definition) is 8. The summed E-state index contributed by atoms with van der Waals surface area (Å²) in [6.45, 7) is 4.97. The number of imidazole rings is 1. The second kappa shape index (κ2) is 13.3. The van der Waals surface area contributed by atoms with Crippen molar-refractivity contribution in [3.05, 3.63) is 105 Å². The smallest absolute Gasteiger partial charge is 0.302 e. The van der Waals surface area contributed by atoms with Crippen molar-refractivity contribution in [3.8, 4) is 16.5 Å². The Labute approximate surface area is 280 Å². The number of ether oxygens (including phenoxy) is 2. The fraction of sp³-hybridized carbons (Fsp3) is 0.343. The molecule has 0 bridgehead atoms. The van der Waals surface area contributed by atoms with E-state index in [1.807, 2.05) is 44.2 Å². The number of thiazole rings is 1. The summed E-state index contributed by atoms with van der Waals surface area (Å²) in [5.74, 6) is -0.582. The molecule has 2 fully saturated rings. The van der Waals surface area contributed by atoms with Gasteiger partial charge in [-0.1, -0.05) is 36.4 Å². The lowest BCUT2D eigenvalue weighted by Crippen LogP contribution is -2.49. The van der Waals surface area contributed by atoms with E-state index in [9.17, 15) is 18.8 Å². The van der Waals surface area contributed by atoms with Gasteiger partial charge in [-0.2, -0.15) is 0 Å². The molecule has 5 aromatic rings. The third-order valence-electron chi connectivity index (χ3n) is 8.36. The van der Waals surface area contributed by atoms with E-state index in [1.165, 1.54) is 27.9 Å². The molecule has 1 N–H and O–H groups in total. The molecule has 13 heteroatoms. The summed E-state index contributed by atoms with van der Waals surface area (Å²) < 4.78 is 29.1. The van der Waals surface area contributed by atoms with Crippen LogP contribution in [-0.2, 0) is 29.1 Å². The maximum atomic E-state index is 14.2. The highest BCUT2D eigenvalue weighted by molar-refractivity contribution is 7.15. The van der Waals surface area contributed by atoms with Crippen LogP contribution in [0.15, 0.2) is 71.9 Å². The minimum absolute atomic E-state index is 0.00851. The van der Waals surface area contributed by atoms with Crippen LogP contribution in [0.25, 0.3) is 16.5 Å². The summed E-state index contributed by atoms with van der Waals surface area (Å²) in [5, 5.41) is 3.38. The number of nitrogens with zero attached hydrogens (tertiary/aromatic N) is 5. The van der Waals surface area contributed by atoms with Crippen molar-refractivity contribution in [1.29, 1.82) is 0 Å². The van der Waals surface area contributed by atoms with Gasteiger partial charge < -0.3 is 24.3 Å². The molecule has 2 aromatic carbocycles. The van der Waals surface area contributed by atoms with Crippen molar-refractivity contribution in [3.63, 3.8) is 0 Å². The van der Waals surface area contributed by atoms with Crippen LogP contribution in [0.4, 0.5) is 4.39 Å². The van der Waals surface area contributed by atoms with Crippen LogP contribution in [-0.4, -0.2) is 67.0 Å². The van der Waals surface area contributed by atoms with Crippen molar-refractivity contribution in [2.45, 2.75) is 64.5 Å². The van der Waals surface area contributed by atoms with Gasteiger partial charge in [0.2, 0.25) is 17.4 Å². The number of nitrogens with one attached hydrogen (secondary N) is 1. The molecule has 2 aliphatic rings. The molecule has 1 saturated carbocycles. The summed E-state index contributed by atoms with van der Waals surface area (Å²) in [5.41, 5.74) is 1.64. The fourth-order valence-electron chi connectivity index (χ4n) is 5.90. The molecule has 0 radical (unpaired) electrons. The molecule has 7 rings (SSSR count). The average molecular weight is 671 g/mol. The standard InChI is InChI=1S/C35H35FN6O5S/c1-21-17-41(18-22(2)47-21)29(43)19-40-12-13-42-34(45)31(46-20-23-6-4-3-5-7-23)30(39-35(40)42)33-37-16-27(48-33)14-24-8-9-25(36)15-28(24)32(44)38-26-10-11-26/h3-9,12-13,15-16,21-22,26H,10-11,14,17-20H2,1-2H3,(H,38,44)/t21-,22-/m0/s1. The summed E-state index contributed by atoms with van der Waals surface area (Å²) >= 11 is 1.30. The highest BCUT2D eigenvalue weighted by Crippen LogP contribution is 2.32. The molecule has 4 heterocycles. The molecule has 1 aliphatic heterocycles. The van der Waals surface area contributed by atoms with E-state index in [0.29, 0.717) is 30.1 Å². The zero-order chi connectivity index (χ0) is 33.4. The van der Waals surface area contributed by atoms with Crippen molar-refractivity contribution in [2.75, 3.05) is 13.1 Å². The van der Waals surface area contributed by atoms with Crippen molar-refractivity contribution in [2.24, 2.45) is 0 Å². The van der Waals surface area contributed by atoms with Crippen molar-refractivity contribution in [1.82, 2.24) is 29.2 Å². The first kappa shape index (κ1) is 31.7. The van der Waals surface area contributed by atoms with Gasteiger partial charge in [0.1, 0.15) is 24.0 Å². The molecule has 0 unspecified atom stereocenters. The normalized spacial score (nSPS) is 17.9. The number of fused-ring (bicyclic) bond motifs is 1. The molecular formula is C35H35FN6O5S. The largest absolute Gasteiger partial charge is 0.481 e. The van der Waals surface area contributed by atoms with E-state index in [-0.39, 0.29) is 66.0 Å². The second-order valence-corrected chi connectivity index (χ2v) is 13.5. The first-order valence-electron chi connectivity index (χ1n) is 16.0. The number of aromatic nitrogens is 4. The zero-order valence-corrected chi connectivity index (χ0v) is 27.4. The lowest BCUT2D eigenvalue weighted by molar-refractivity contribution is -0.143. The van der Waals surface area contributed by atoms with Gasteiger partial charge in [-0.3, -0.25) is 14.4 Å². The lowest BCUT2D eigenvalue weighted by atomic mass is 10.0. The van der Waals surface area contributed by atoms with Crippen LogP contribution >= 0.6 is 11.3 Å². The van der Waals surface area contributed by atoms with Gasteiger partial charge in [-0.15, -0.1) is 11.3 Å². The molecule has 2 amide bonds. The van der Waals surface area contributed by atoms with Crippen LogP contribution in [0.2, 0.25) is 0 Å². The lowest BCUT2D eigenvalue weighted by Gasteiger charge is -2.35. The molecule has 2 atom stereocenters. The van der Waals surface area contributed by atoms with Crippen LogP contribution in [0.1, 0.15) is 53.1 Å². The molecule has 48 heavy (non-hydrogen) atoms. The quantitative estimate of drug-likeness (QED) is 0.233. The molecular weight excluding hydrogens is 635 g/mol. The molecule has 3 aromatic heterocycles. The third kappa shape index (κ3) is 6.87.